The summed E-state index contributed by atoms with van der Waals surface area (Å²) >= 11 is 0. The van der Waals surface area contributed by atoms with E-state index in [0.29, 0.717) is 18.7 Å². The molecule has 0 spiro atoms. The molecule has 0 saturated heterocycles. The van der Waals surface area contributed by atoms with Crippen LogP contribution in [0.25, 0.3) is 0 Å². The average molecular weight is 290 g/mol. The van der Waals surface area contributed by atoms with Crippen molar-refractivity contribution >= 4 is 0 Å². The van der Waals surface area contributed by atoms with Crippen molar-refractivity contribution in [3.63, 3.8) is 0 Å². The van der Waals surface area contributed by atoms with Crippen molar-refractivity contribution in [2.45, 2.75) is 32.4 Å². The van der Waals surface area contributed by atoms with Gasteiger partial charge in [0.15, 0.2) is 5.75 Å². The zero-order valence-corrected chi connectivity index (χ0v) is 12.7. The van der Waals surface area contributed by atoms with Gasteiger partial charge in [0.05, 0.1) is 26.5 Å². The fourth-order valence-corrected chi connectivity index (χ4v) is 2.36. The lowest BCUT2D eigenvalue weighted by atomic mass is 10.0. The van der Waals surface area contributed by atoms with E-state index >= 15 is 0 Å². The quantitative estimate of drug-likeness (QED) is 0.851. The van der Waals surface area contributed by atoms with E-state index in [1.54, 1.807) is 25.1 Å². The SMILES string of the molecule is CCn1ncc(OC)c1C(O)CCc1ccc(OC)cc1. The molecular weight excluding hydrogens is 268 g/mol. The van der Waals surface area contributed by atoms with Crippen LogP contribution < -0.4 is 9.47 Å². The molecule has 0 aliphatic heterocycles. The third-order valence-corrected chi connectivity index (χ3v) is 3.55. The lowest BCUT2D eigenvalue weighted by Gasteiger charge is -2.14. The Kier molecular flexibility index (Phi) is 5.22. The van der Waals surface area contributed by atoms with Crippen molar-refractivity contribution in [3.8, 4) is 11.5 Å². The van der Waals surface area contributed by atoms with Crippen molar-refractivity contribution in [2.24, 2.45) is 0 Å². The largest absolute Gasteiger partial charge is 0.497 e. The van der Waals surface area contributed by atoms with Gasteiger partial charge in [-0.3, -0.25) is 4.68 Å². The third kappa shape index (κ3) is 3.55. The Balaban J connectivity index is 2.03. The van der Waals surface area contributed by atoms with Gasteiger partial charge in [0.2, 0.25) is 0 Å². The molecular formula is C16H22N2O3. The van der Waals surface area contributed by atoms with Gasteiger partial charge in [0, 0.05) is 6.54 Å². The second kappa shape index (κ2) is 7.13. The van der Waals surface area contributed by atoms with Gasteiger partial charge in [0.1, 0.15) is 11.4 Å². The molecule has 21 heavy (non-hydrogen) atoms. The predicted molar refractivity (Wildman–Crippen MR) is 80.7 cm³/mol. The van der Waals surface area contributed by atoms with Gasteiger partial charge < -0.3 is 14.6 Å². The van der Waals surface area contributed by atoms with Crippen LogP contribution in [0.15, 0.2) is 30.5 Å². The second-order valence-corrected chi connectivity index (χ2v) is 4.82. The Morgan fingerprint density at radius 3 is 2.48 bits per heavy atom. The van der Waals surface area contributed by atoms with Crippen LogP contribution in [0.3, 0.4) is 0 Å². The van der Waals surface area contributed by atoms with Crippen LogP contribution in [-0.2, 0) is 13.0 Å². The minimum atomic E-state index is -0.593. The summed E-state index contributed by atoms with van der Waals surface area (Å²) in [7, 11) is 3.24. The molecule has 1 aromatic carbocycles. The van der Waals surface area contributed by atoms with Gasteiger partial charge in [0.25, 0.3) is 0 Å². The first-order valence-electron chi connectivity index (χ1n) is 7.10. The number of ether oxygens (including phenoxy) is 2. The molecule has 0 amide bonds. The Labute approximate surface area is 125 Å². The van der Waals surface area contributed by atoms with Crippen LogP contribution in [-0.4, -0.2) is 29.1 Å². The highest BCUT2D eigenvalue weighted by atomic mass is 16.5. The molecule has 5 heteroatoms. The summed E-state index contributed by atoms with van der Waals surface area (Å²) in [4.78, 5) is 0. The smallest absolute Gasteiger partial charge is 0.162 e. The average Bonchev–Trinajstić information content (AvgIpc) is 2.96. The van der Waals surface area contributed by atoms with Gasteiger partial charge in [-0.2, -0.15) is 5.10 Å². The fourth-order valence-electron chi connectivity index (χ4n) is 2.36. The highest BCUT2D eigenvalue weighted by Gasteiger charge is 2.19. The fraction of sp³-hybridized carbons (Fsp3) is 0.438. The van der Waals surface area contributed by atoms with Gasteiger partial charge in [-0.25, -0.2) is 0 Å². The lowest BCUT2D eigenvalue weighted by Crippen LogP contribution is -2.10. The first kappa shape index (κ1) is 15.4. The summed E-state index contributed by atoms with van der Waals surface area (Å²) in [5, 5.41) is 14.6. The van der Waals surface area contributed by atoms with Crippen LogP contribution in [0.2, 0.25) is 0 Å². The van der Waals surface area contributed by atoms with Crippen molar-refractivity contribution in [1.82, 2.24) is 9.78 Å². The van der Waals surface area contributed by atoms with E-state index in [9.17, 15) is 5.11 Å². The molecule has 1 unspecified atom stereocenters. The van der Waals surface area contributed by atoms with Crippen molar-refractivity contribution in [1.29, 1.82) is 0 Å². The highest BCUT2D eigenvalue weighted by molar-refractivity contribution is 5.29. The zero-order chi connectivity index (χ0) is 15.2. The maximum absolute atomic E-state index is 10.4. The van der Waals surface area contributed by atoms with Gasteiger partial charge >= 0.3 is 0 Å². The summed E-state index contributed by atoms with van der Waals surface area (Å²) in [5.41, 5.74) is 1.91. The first-order chi connectivity index (χ1) is 10.2. The number of nitrogens with zero attached hydrogens (tertiary/aromatic N) is 2. The van der Waals surface area contributed by atoms with E-state index in [2.05, 4.69) is 5.10 Å². The number of hydrogen-bond acceptors (Lipinski definition) is 4. The topological polar surface area (TPSA) is 56.5 Å². The highest BCUT2D eigenvalue weighted by Crippen LogP contribution is 2.28. The number of rotatable bonds is 7. The third-order valence-electron chi connectivity index (χ3n) is 3.55. The molecule has 5 nitrogen and oxygen atoms in total. The molecule has 2 rings (SSSR count). The summed E-state index contributed by atoms with van der Waals surface area (Å²) in [6.07, 6.45) is 2.46. The van der Waals surface area contributed by atoms with Gasteiger partial charge in [-0.05, 0) is 37.5 Å². The van der Waals surface area contributed by atoms with Crippen LogP contribution in [0.1, 0.15) is 30.7 Å². The number of hydrogen-bond donors (Lipinski definition) is 1. The summed E-state index contributed by atoms with van der Waals surface area (Å²) < 4.78 is 12.2. The number of aliphatic hydroxyl groups excluding tert-OH is 1. The van der Waals surface area contributed by atoms with Crippen LogP contribution in [0.5, 0.6) is 11.5 Å². The molecule has 0 saturated carbocycles. The molecule has 1 aromatic heterocycles. The Morgan fingerprint density at radius 1 is 1.19 bits per heavy atom. The molecule has 0 bridgehead atoms. The van der Waals surface area contributed by atoms with E-state index < -0.39 is 6.10 Å². The Hall–Kier alpha value is -2.01. The Bertz CT molecular complexity index is 542. The monoisotopic (exact) mass is 290 g/mol. The van der Waals surface area contributed by atoms with Crippen LogP contribution >= 0.6 is 0 Å². The summed E-state index contributed by atoms with van der Waals surface area (Å²) in [5.74, 6) is 1.48. The minimum Gasteiger partial charge on any atom is -0.497 e. The van der Waals surface area contributed by atoms with E-state index in [4.69, 9.17) is 9.47 Å². The number of aliphatic hydroxyl groups is 1. The molecule has 0 fully saturated rings. The molecule has 2 aromatic rings. The number of methoxy groups -OCH3 is 2. The molecule has 114 valence electrons. The maximum atomic E-state index is 10.4. The number of benzene rings is 1. The van der Waals surface area contributed by atoms with E-state index in [1.807, 2.05) is 31.2 Å². The summed E-state index contributed by atoms with van der Waals surface area (Å²) in [6, 6.07) is 7.89. The van der Waals surface area contributed by atoms with Crippen LogP contribution in [0, 0.1) is 0 Å². The van der Waals surface area contributed by atoms with Crippen molar-refractivity contribution < 1.29 is 14.6 Å². The first-order valence-corrected chi connectivity index (χ1v) is 7.10. The van der Waals surface area contributed by atoms with Crippen molar-refractivity contribution in [2.75, 3.05) is 14.2 Å². The number of aromatic nitrogens is 2. The predicted octanol–water partition coefficient (Wildman–Crippen LogP) is 2.59. The standard InChI is InChI=1S/C16H22N2O3/c1-4-18-16(15(21-3)11-17-18)14(19)10-7-12-5-8-13(20-2)9-6-12/h5-6,8-9,11,14,19H,4,7,10H2,1-3H3. The van der Waals surface area contributed by atoms with E-state index in [1.165, 1.54) is 0 Å². The molecule has 0 radical (unpaired) electrons. The molecule has 1 N–H and O–H groups in total. The van der Waals surface area contributed by atoms with Gasteiger partial charge in [-0.15, -0.1) is 0 Å². The van der Waals surface area contributed by atoms with Crippen LogP contribution in [0.4, 0.5) is 0 Å². The minimum absolute atomic E-state index is 0.593. The second-order valence-electron chi connectivity index (χ2n) is 4.82. The molecule has 1 atom stereocenters. The normalized spacial score (nSPS) is 12.2. The lowest BCUT2D eigenvalue weighted by molar-refractivity contribution is 0.153. The molecule has 1 heterocycles. The van der Waals surface area contributed by atoms with Gasteiger partial charge in [-0.1, -0.05) is 12.1 Å². The van der Waals surface area contributed by atoms with E-state index in [0.717, 1.165) is 23.4 Å². The Morgan fingerprint density at radius 2 is 1.90 bits per heavy atom. The molecule has 0 aliphatic rings. The molecule has 0 aliphatic carbocycles. The summed E-state index contributed by atoms with van der Waals surface area (Å²) in [6.45, 7) is 2.70. The number of aryl methyl sites for hydroxylation is 2. The zero-order valence-electron chi connectivity index (χ0n) is 12.7. The van der Waals surface area contributed by atoms with E-state index in [-0.39, 0.29) is 0 Å². The maximum Gasteiger partial charge on any atom is 0.162 e. The van der Waals surface area contributed by atoms with Crippen molar-refractivity contribution in [3.05, 3.63) is 41.7 Å².